The first-order chi connectivity index (χ1) is 12.8. The van der Waals surface area contributed by atoms with E-state index < -0.39 is 0 Å². The Bertz CT molecular complexity index is 675. The minimum Gasteiger partial charge on any atom is -0.489 e. The van der Waals surface area contributed by atoms with Gasteiger partial charge in [0.2, 0.25) is 5.91 Å². The van der Waals surface area contributed by atoms with E-state index in [0.29, 0.717) is 31.7 Å². The van der Waals surface area contributed by atoms with Gasteiger partial charge in [-0.05, 0) is 38.5 Å². The van der Waals surface area contributed by atoms with E-state index in [-0.39, 0.29) is 23.4 Å². The van der Waals surface area contributed by atoms with Gasteiger partial charge in [0.15, 0.2) is 0 Å². The molecule has 0 fully saturated rings. The van der Waals surface area contributed by atoms with Gasteiger partial charge in [0.05, 0.1) is 24.8 Å². The Morgan fingerprint density at radius 3 is 2.78 bits per heavy atom. The van der Waals surface area contributed by atoms with Gasteiger partial charge in [-0.1, -0.05) is 6.92 Å². The summed E-state index contributed by atoms with van der Waals surface area (Å²) in [4.78, 5) is 26.7. The van der Waals surface area contributed by atoms with Crippen LogP contribution in [0.5, 0.6) is 5.75 Å². The van der Waals surface area contributed by atoms with Crippen LogP contribution in [0.15, 0.2) is 18.2 Å². The lowest BCUT2D eigenvalue weighted by Gasteiger charge is -2.36. The molecular formula is C20H31N3O4. The molecule has 0 spiro atoms. The maximum Gasteiger partial charge on any atom is 0.251 e. The number of nitrogens with one attached hydrogen (secondary N) is 2. The molecule has 0 radical (unpaired) electrons. The zero-order chi connectivity index (χ0) is 20.0. The zero-order valence-corrected chi connectivity index (χ0v) is 16.9. The Morgan fingerprint density at radius 2 is 2.11 bits per heavy atom. The lowest BCUT2D eigenvalue weighted by Crippen LogP contribution is -2.48. The molecule has 7 heteroatoms. The Hall–Kier alpha value is -2.28. The fourth-order valence-corrected chi connectivity index (χ4v) is 2.85. The molecular weight excluding hydrogens is 346 g/mol. The van der Waals surface area contributed by atoms with Gasteiger partial charge in [-0.15, -0.1) is 0 Å². The van der Waals surface area contributed by atoms with E-state index in [1.807, 2.05) is 32.7 Å². The summed E-state index contributed by atoms with van der Waals surface area (Å²) in [5.41, 5.74) is 1.14. The van der Waals surface area contributed by atoms with Crippen molar-refractivity contribution in [3.05, 3.63) is 23.8 Å². The Balaban J connectivity index is 2.06. The third kappa shape index (κ3) is 5.60. The second-order valence-corrected chi connectivity index (χ2v) is 7.50. The fourth-order valence-electron chi connectivity index (χ4n) is 2.85. The van der Waals surface area contributed by atoms with Crippen molar-refractivity contribution >= 4 is 17.5 Å². The molecule has 150 valence electrons. The standard InChI is InChI=1S/C20H31N3O4/c1-6-20(2,3)22-18(24)12-15-13-27-17-8-7-14(11-16(17)23(15)4)19(25)21-9-10-26-5/h7-8,11,15H,6,9-10,12-13H2,1-5H3,(H,21,25)(H,22,24)/t15-/m1/s1. The number of nitrogens with zero attached hydrogens (tertiary/aromatic N) is 1. The highest BCUT2D eigenvalue weighted by Crippen LogP contribution is 2.34. The zero-order valence-electron chi connectivity index (χ0n) is 16.9. The molecule has 1 aromatic carbocycles. The summed E-state index contributed by atoms with van der Waals surface area (Å²) in [5.74, 6) is 0.559. The van der Waals surface area contributed by atoms with Crippen molar-refractivity contribution < 1.29 is 19.1 Å². The summed E-state index contributed by atoms with van der Waals surface area (Å²) in [6, 6.07) is 5.26. The highest BCUT2D eigenvalue weighted by Gasteiger charge is 2.29. The summed E-state index contributed by atoms with van der Waals surface area (Å²) in [6.45, 7) is 7.42. The highest BCUT2D eigenvalue weighted by atomic mass is 16.5. The summed E-state index contributed by atoms with van der Waals surface area (Å²) < 4.78 is 10.8. The number of amides is 2. The van der Waals surface area contributed by atoms with Crippen LogP contribution in [0, 0.1) is 0 Å². The van der Waals surface area contributed by atoms with Crippen molar-refractivity contribution in [3.63, 3.8) is 0 Å². The van der Waals surface area contributed by atoms with Crippen LogP contribution in [0.2, 0.25) is 0 Å². The quantitative estimate of drug-likeness (QED) is 0.677. The smallest absolute Gasteiger partial charge is 0.251 e. The van der Waals surface area contributed by atoms with Crippen molar-refractivity contribution in [2.24, 2.45) is 0 Å². The van der Waals surface area contributed by atoms with Crippen LogP contribution in [0.25, 0.3) is 0 Å². The fraction of sp³-hybridized carbons (Fsp3) is 0.600. The molecule has 1 heterocycles. The second-order valence-electron chi connectivity index (χ2n) is 7.50. The van der Waals surface area contributed by atoms with Crippen molar-refractivity contribution in [2.45, 2.75) is 45.2 Å². The summed E-state index contributed by atoms with van der Waals surface area (Å²) in [7, 11) is 3.52. The molecule has 2 rings (SSSR count). The average Bonchev–Trinajstić information content (AvgIpc) is 2.63. The molecule has 0 bridgehead atoms. The third-order valence-electron chi connectivity index (χ3n) is 4.95. The van der Waals surface area contributed by atoms with Crippen LogP contribution in [0.1, 0.15) is 44.0 Å². The molecule has 0 aromatic heterocycles. The largest absolute Gasteiger partial charge is 0.489 e. The van der Waals surface area contributed by atoms with Gasteiger partial charge in [-0.25, -0.2) is 0 Å². The van der Waals surface area contributed by atoms with Gasteiger partial charge >= 0.3 is 0 Å². The van der Waals surface area contributed by atoms with E-state index in [4.69, 9.17) is 9.47 Å². The number of carbonyl (C=O) groups excluding carboxylic acids is 2. The minimum atomic E-state index is -0.226. The first-order valence-corrected chi connectivity index (χ1v) is 9.35. The normalized spacial score (nSPS) is 16.3. The van der Waals surface area contributed by atoms with Crippen LogP contribution in [-0.4, -0.2) is 57.3 Å². The Labute approximate surface area is 161 Å². The number of rotatable bonds is 8. The number of ether oxygens (including phenoxy) is 2. The van der Waals surface area contributed by atoms with E-state index in [1.165, 1.54) is 0 Å². The maximum atomic E-state index is 12.4. The van der Waals surface area contributed by atoms with E-state index in [9.17, 15) is 9.59 Å². The molecule has 2 amide bonds. The Kier molecular flexibility index (Phi) is 7.07. The molecule has 1 aliphatic rings. The van der Waals surface area contributed by atoms with Crippen molar-refractivity contribution in [3.8, 4) is 5.75 Å². The van der Waals surface area contributed by atoms with E-state index in [0.717, 1.165) is 17.9 Å². The number of methoxy groups -OCH3 is 1. The number of likely N-dealkylation sites (N-methyl/N-ethyl adjacent to an activating group) is 1. The minimum absolute atomic E-state index is 0.000728. The number of carbonyl (C=O) groups is 2. The summed E-state index contributed by atoms with van der Waals surface area (Å²) in [5, 5.41) is 5.87. The molecule has 0 saturated heterocycles. The van der Waals surface area contributed by atoms with Gasteiger partial charge in [-0.3, -0.25) is 9.59 Å². The van der Waals surface area contributed by atoms with Gasteiger partial charge in [0, 0.05) is 31.8 Å². The van der Waals surface area contributed by atoms with Crippen LogP contribution >= 0.6 is 0 Å². The first kappa shape index (κ1) is 21.0. The predicted molar refractivity (Wildman–Crippen MR) is 105 cm³/mol. The topological polar surface area (TPSA) is 79.9 Å². The van der Waals surface area contributed by atoms with Gasteiger partial charge in [0.25, 0.3) is 5.91 Å². The lowest BCUT2D eigenvalue weighted by atomic mass is 10.0. The highest BCUT2D eigenvalue weighted by molar-refractivity contribution is 5.95. The number of benzene rings is 1. The first-order valence-electron chi connectivity index (χ1n) is 9.35. The number of fused-ring (bicyclic) bond motifs is 1. The predicted octanol–water partition coefficient (Wildman–Crippen LogP) is 1.95. The maximum absolute atomic E-state index is 12.4. The molecule has 0 saturated carbocycles. The van der Waals surface area contributed by atoms with Crippen molar-refractivity contribution in [1.29, 1.82) is 0 Å². The van der Waals surface area contributed by atoms with Gasteiger partial charge < -0.3 is 25.0 Å². The molecule has 0 aliphatic carbocycles. The molecule has 27 heavy (non-hydrogen) atoms. The van der Waals surface area contributed by atoms with Crippen molar-refractivity contribution in [1.82, 2.24) is 10.6 Å². The molecule has 1 aromatic rings. The average molecular weight is 377 g/mol. The molecule has 2 N–H and O–H groups in total. The van der Waals surface area contributed by atoms with Crippen molar-refractivity contribution in [2.75, 3.05) is 38.8 Å². The van der Waals surface area contributed by atoms with Crippen LogP contribution in [0.4, 0.5) is 5.69 Å². The molecule has 1 aliphatic heterocycles. The summed E-state index contributed by atoms with van der Waals surface area (Å²) >= 11 is 0. The van der Waals surface area contributed by atoms with E-state index >= 15 is 0 Å². The number of hydrogen-bond acceptors (Lipinski definition) is 5. The number of hydrogen-bond donors (Lipinski definition) is 2. The monoisotopic (exact) mass is 377 g/mol. The van der Waals surface area contributed by atoms with Gasteiger partial charge in [-0.2, -0.15) is 0 Å². The lowest BCUT2D eigenvalue weighted by molar-refractivity contribution is -0.123. The SMILES string of the molecule is CCC(C)(C)NC(=O)C[C@@H]1COc2ccc(C(=O)NCCOC)cc2N1C. The van der Waals surface area contributed by atoms with Crippen LogP contribution < -0.4 is 20.3 Å². The third-order valence-corrected chi connectivity index (χ3v) is 4.95. The second kappa shape index (κ2) is 9.08. The van der Waals surface area contributed by atoms with E-state index in [1.54, 1.807) is 25.3 Å². The van der Waals surface area contributed by atoms with Crippen LogP contribution in [-0.2, 0) is 9.53 Å². The van der Waals surface area contributed by atoms with Gasteiger partial charge in [0.1, 0.15) is 12.4 Å². The number of anilines is 1. The molecule has 7 nitrogen and oxygen atoms in total. The van der Waals surface area contributed by atoms with Crippen LogP contribution in [0.3, 0.4) is 0 Å². The van der Waals surface area contributed by atoms with E-state index in [2.05, 4.69) is 10.6 Å². The molecule has 1 atom stereocenters. The Morgan fingerprint density at radius 1 is 1.37 bits per heavy atom. The molecule has 0 unspecified atom stereocenters. The summed E-state index contributed by atoms with van der Waals surface area (Å²) in [6.07, 6.45) is 1.20.